The molecule has 0 radical (unpaired) electrons. The first kappa shape index (κ1) is 21.9. The average molecular weight is 480 g/mol. The molecule has 1 aliphatic heterocycles. The van der Waals surface area contributed by atoms with Crippen molar-refractivity contribution in [3.63, 3.8) is 0 Å². The Morgan fingerprint density at radius 3 is 2.75 bits per heavy atom. The van der Waals surface area contributed by atoms with E-state index in [1.165, 1.54) is 12.1 Å². The Morgan fingerprint density at radius 1 is 1.22 bits per heavy atom. The Kier molecular flexibility index (Phi) is 5.79. The number of benzene rings is 1. The van der Waals surface area contributed by atoms with E-state index >= 15 is 0 Å². The lowest BCUT2D eigenvalue weighted by molar-refractivity contribution is -0.137. The van der Waals surface area contributed by atoms with Crippen LogP contribution in [-0.4, -0.2) is 50.0 Å². The molecular weight excluding hydrogens is 455 g/mol. The van der Waals surface area contributed by atoms with E-state index in [0.717, 1.165) is 66.2 Å². The first-order valence-electron chi connectivity index (χ1n) is 10.7. The molecule has 0 N–H and O–H groups in total. The highest BCUT2D eigenvalue weighted by Crippen LogP contribution is 2.64. The van der Waals surface area contributed by atoms with E-state index in [1.54, 1.807) is 41.4 Å². The van der Waals surface area contributed by atoms with Crippen molar-refractivity contribution in [2.24, 2.45) is 12.5 Å². The largest absolute Gasteiger partial charge is 0.416 e. The highest BCUT2D eigenvalue weighted by Gasteiger charge is 2.57. The van der Waals surface area contributed by atoms with Gasteiger partial charge in [-0.1, -0.05) is 23.9 Å². The fourth-order valence-electron chi connectivity index (χ4n) is 4.76. The number of hydrogen-bond donors (Lipinski definition) is 0. The molecule has 3 heterocycles. The minimum Gasteiger partial charge on any atom is -0.303 e. The van der Waals surface area contributed by atoms with Gasteiger partial charge in [-0.05, 0) is 61.4 Å². The molecule has 2 aromatic heterocycles. The van der Waals surface area contributed by atoms with Crippen LogP contribution in [0.1, 0.15) is 36.3 Å². The fraction of sp³-hybridized carbons (Fsp3) is 0.500. The number of alkyl halides is 3. The molecule has 32 heavy (non-hydrogen) atoms. The van der Waals surface area contributed by atoms with E-state index in [9.17, 15) is 13.2 Å². The molecule has 0 amide bonds. The Labute approximate surface area is 193 Å². The SMILES string of the molecule is Cn1c(SCCCN2CC[C@@]3(C[C@H]3c3ccc(C(F)(F)F)cc3)C2)nnc1-c1nccs1. The normalized spacial score (nSPS) is 23.3. The van der Waals surface area contributed by atoms with Gasteiger partial charge in [0.2, 0.25) is 0 Å². The number of thioether (sulfide) groups is 1. The highest BCUT2D eigenvalue weighted by molar-refractivity contribution is 7.99. The molecule has 1 saturated heterocycles. The summed E-state index contributed by atoms with van der Waals surface area (Å²) in [6.07, 6.45) is 0.779. The summed E-state index contributed by atoms with van der Waals surface area (Å²) in [6.45, 7) is 3.15. The predicted octanol–water partition coefficient (Wildman–Crippen LogP) is 5.32. The lowest BCUT2D eigenvalue weighted by atomic mass is 9.97. The molecule has 2 aliphatic rings. The van der Waals surface area contributed by atoms with Gasteiger partial charge in [-0.2, -0.15) is 13.2 Å². The average Bonchev–Trinajstić information content (AvgIpc) is 3.16. The maximum Gasteiger partial charge on any atom is 0.416 e. The monoisotopic (exact) mass is 479 g/mol. The summed E-state index contributed by atoms with van der Waals surface area (Å²) in [4.78, 5) is 6.80. The molecule has 170 valence electrons. The van der Waals surface area contributed by atoms with Crippen LogP contribution in [0.4, 0.5) is 13.2 Å². The van der Waals surface area contributed by atoms with Crippen molar-refractivity contribution in [2.45, 2.75) is 36.5 Å². The molecule has 1 aromatic carbocycles. The number of aromatic nitrogens is 4. The first-order valence-corrected chi connectivity index (χ1v) is 12.5. The van der Waals surface area contributed by atoms with Gasteiger partial charge >= 0.3 is 6.18 Å². The zero-order valence-corrected chi connectivity index (χ0v) is 19.3. The smallest absolute Gasteiger partial charge is 0.303 e. The molecule has 2 fully saturated rings. The topological polar surface area (TPSA) is 46.8 Å². The van der Waals surface area contributed by atoms with Gasteiger partial charge in [-0.15, -0.1) is 21.5 Å². The van der Waals surface area contributed by atoms with E-state index in [4.69, 9.17) is 0 Å². The van der Waals surface area contributed by atoms with Crippen LogP contribution in [0, 0.1) is 5.41 Å². The standard InChI is InChI=1S/C22H24F3N5S2/c1-29-18(19-26-8-12-31-19)27-28-20(29)32-11-2-9-30-10-7-21(14-30)13-17(21)15-3-5-16(6-4-15)22(23,24)25/h3-6,8,12,17H,2,7,9-11,13-14H2,1H3/t17-,21+/m0/s1. The van der Waals surface area contributed by atoms with Crippen LogP contribution < -0.4 is 0 Å². The maximum atomic E-state index is 12.8. The van der Waals surface area contributed by atoms with Crippen LogP contribution in [-0.2, 0) is 13.2 Å². The van der Waals surface area contributed by atoms with Crippen LogP contribution in [0.25, 0.3) is 10.8 Å². The van der Waals surface area contributed by atoms with E-state index in [-0.39, 0.29) is 5.41 Å². The molecule has 1 saturated carbocycles. The molecule has 2 atom stereocenters. The molecule has 1 aliphatic carbocycles. The predicted molar refractivity (Wildman–Crippen MR) is 120 cm³/mol. The minimum atomic E-state index is -4.27. The number of halogens is 3. The van der Waals surface area contributed by atoms with Gasteiger partial charge in [0.15, 0.2) is 16.0 Å². The molecular formula is C22H24F3N5S2. The number of nitrogens with zero attached hydrogens (tertiary/aromatic N) is 5. The van der Waals surface area contributed by atoms with Crippen LogP contribution in [0.5, 0.6) is 0 Å². The molecule has 0 unspecified atom stereocenters. The molecule has 5 nitrogen and oxygen atoms in total. The summed E-state index contributed by atoms with van der Waals surface area (Å²) in [5.74, 6) is 2.16. The third-order valence-electron chi connectivity index (χ3n) is 6.60. The van der Waals surface area contributed by atoms with Crippen molar-refractivity contribution in [3.05, 3.63) is 47.0 Å². The second-order valence-electron chi connectivity index (χ2n) is 8.67. The first-order chi connectivity index (χ1) is 15.4. The van der Waals surface area contributed by atoms with Gasteiger partial charge in [-0.25, -0.2) is 4.98 Å². The van der Waals surface area contributed by atoms with Gasteiger partial charge in [-0.3, -0.25) is 0 Å². The summed E-state index contributed by atoms with van der Waals surface area (Å²) < 4.78 is 40.4. The van der Waals surface area contributed by atoms with E-state index in [2.05, 4.69) is 20.1 Å². The van der Waals surface area contributed by atoms with Crippen LogP contribution in [0.3, 0.4) is 0 Å². The van der Waals surface area contributed by atoms with Crippen molar-refractivity contribution < 1.29 is 13.2 Å². The minimum absolute atomic E-state index is 0.263. The summed E-state index contributed by atoms with van der Waals surface area (Å²) in [7, 11) is 1.97. The quantitative estimate of drug-likeness (QED) is 0.339. The van der Waals surface area contributed by atoms with Gasteiger partial charge in [0.1, 0.15) is 0 Å². The van der Waals surface area contributed by atoms with E-state index in [0.29, 0.717) is 5.92 Å². The number of thiazole rings is 1. The second-order valence-corrected chi connectivity index (χ2v) is 10.6. The summed E-state index contributed by atoms with van der Waals surface area (Å²) in [6, 6.07) is 5.78. The van der Waals surface area contributed by atoms with Gasteiger partial charge in [0, 0.05) is 30.9 Å². The van der Waals surface area contributed by atoms with Gasteiger partial charge in [0.05, 0.1) is 5.56 Å². The summed E-state index contributed by atoms with van der Waals surface area (Å²) in [5.41, 5.74) is 0.746. The summed E-state index contributed by atoms with van der Waals surface area (Å²) in [5, 5.41) is 12.3. The van der Waals surface area contributed by atoms with Crippen LogP contribution >= 0.6 is 23.1 Å². The summed E-state index contributed by atoms with van der Waals surface area (Å²) >= 11 is 3.27. The van der Waals surface area contributed by atoms with Crippen molar-refractivity contribution >= 4 is 23.1 Å². The number of likely N-dealkylation sites (tertiary alicyclic amines) is 1. The fourth-order valence-corrected chi connectivity index (χ4v) is 6.25. The maximum absolute atomic E-state index is 12.8. The molecule has 3 aromatic rings. The zero-order chi connectivity index (χ0) is 22.3. The van der Waals surface area contributed by atoms with Gasteiger partial charge in [0.25, 0.3) is 0 Å². The Hall–Kier alpha value is -1.91. The van der Waals surface area contributed by atoms with Gasteiger partial charge < -0.3 is 9.47 Å². The lowest BCUT2D eigenvalue weighted by Gasteiger charge is -2.16. The van der Waals surface area contributed by atoms with Crippen molar-refractivity contribution in [1.82, 2.24) is 24.6 Å². The zero-order valence-electron chi connectivity index (χ0n) is 17.7. The van der Waals surface area contributed by atoms with Crippen LogP contribution in [0.15, 0.2) is 41.0 Å². The highest BCUT2D eigenvalue weighted by atomic mass is 32.2. The third-order valence-corrected chi connectivity index (χ3v) is 8.48. The van der Waals surface area contributed by atoms with Crippen LogP contribution in [0.2, 0.25) is 0 Å². The second kappa shape index (κ2) is 8.46. The third kappa shape index (κ3) is 4.32. The number of hydrogen-bond acceptors (Lipinski definition) is 6. The Balaban J connectivity index is 1.08. The molecule has 0 bridgehead atoms. The van der Waals surface area contributed by atoms with E-state index in [1.807, 2.05) is 17.0 Å². The van der Waals surface area contributed by atoms with E-state index < -0.39 is 11.7 Å². The van der Waals surface area contributed by atoms with Crippen molar-refractivity contribution in [3.8, 4) is 10.8 Å². The number of rotatable bonds is 7. The van der Waals surface area contributed by atoms with Crippen molar-refractivity contribution in [2.75, 3.05) is 25.4 Å². The Morgan fingerprint density at radius 2 is 2.03 bits per heavy atom. The molecule has 10 heteroatoms. The lowest BCUT2D eigenvalue weighted by Crippen LogP contribution is -2.23. The van der Waals surface area contributed by atoms with Crippen molar-refractivity contribution in [1.29, 1.82) is 0 Å². The Bertz CT molecular complexity index is 1060. The molecule has 5 rings (SSSR count). The molecule has 1 spiro atoms.